The van der Waals surface area contributed by atoms with Crippen molar-refractivity contribution in [1.29, 1.82) is 0 Å². The number of rotatable bonds is 4. The summed E-state index contributed by atoms with van der Waals surface area (Å²) in [7, 11) is 2.18. The predicted octanol–water partition coefficient (Wildman–Crippen LogP) is 6.44. The maximum atomic E-state index is 13.6. The third-order valence-electron chi connectivity index (χ3n) is 6.90. The molecule has 0 radical (unpaired) electrons. The molecule has 0 unspecified atom stereocenters. The standard InChI is InChI=1S/C30H27FN4/c1-34-15-17-35(18-16-34)26-10-7-22(8-11-26)24-9-12-28-27(20-24)29-23(13-14-32-30(29)33-28)6-5-21-3-2-4-25(31)19-21/h2-14,19-20H,15-18H2,1H3,(H,32,33). The molecule has 0 atom stereocenters. The van der Waals surface area contributed by atoms with Crippen molar-refractivity contribution in [2.24, 2.45) is 0 Å². The number of likely N-dealkylation sites (N-methyl/N-ethyl adjacent to an activating group) is 1. The molecule has 1 fully saturated rings. The number of nitrogens with zero attached hydrogens (tertiary/aromatic N) is 3. The zero-order chi connectivity index (χ0) is 23.8. The third kappa shape index (κ3) is 4.31. The molecule has 1 aliphatic rings. The highest BCUT2D eigenvalue weighted by molar-refractivity contribution is 6.11. The summed E-state index contributed by atoms with van der Waals surface area (Å²) in [4.78, 5) is 12.8. The van der Waals surface area contributed by atoms with E-state index in [2.05, 4.69) is 69.3 Å². The van der Waals surface area contributed by atoms with Crippen LogP contribution in [0.25, 0.3) is 45.2 Å². The Bertz CT molecular complexity index is 1530. The molecule has 5 aromatic rings. The van der Waals surface area contributed by atoms with Crippen molar-refractivity contribution in [3.63, 3.8) is 0 Å². The molecule has 5 heteroatoms. The number of pyridine rings is 1. The number of benzene rings is 3. The summed E-state index contributed by atoms with van der Waals surface area (Å²) in [6.07, 6.45) is 5.78. The van der Waals surface area contributed by atoms with Gasteiger partial charge in [0.05, 0.1) is 0 Å². The summed E-state index contributed by atoms with van der Waals surface area (Å²) in [5, 5.41) is 2.21. The Morgan fingerprint density at radius 2 is 1.66 bits per heavy atom. The monoisotopic (exact) mass is 462 g/mol. The van der Waals surface area contributed by atoms with Gasteiger partial charge >= 0.3 is 0 Å². The van der Waals surface area contributed by atoms with Gasteiger partial charge in [-0.2, -0.15) is 0 Å². The third-order valence-corrected chi connectivity index (χ3v) is 6.90. The lowest BCUT2D eigenvalue weighted by atomic mass is 10.0. The van der Waals surface area contributed by atoms with E-state index in [4.69, 9.17) is 0 Å². The van der Waals surface area contributed by atoms with Crippen molar-refractivity contribution in [2.45, 2.75) is 0 Å². The predicted molar refractivity (Wildman–Crippen MR) is 144 cm³/mol. The molecule has 2 aromatic heterocycles. The summed E-state index contributed by atoms with van der Waals surface area (Å²) in [5.41, 5.74) is 7.43. The second-order valence-corrected chi connectivity index (χ2v) is 9.23. The molecule has 4 nitrogen and oxygen atoms in total. The van der Waals surface area contributed by atoms with Crippen LogP contribution >= 0.6 is 0 Å². The molecular formula is C30H27FN4. The average molecular weight is 463 g/mol. The molecule has 3 aromatic carbocycles. The van der Waals surface area contributed by atoms with Gasteiger partial charge in [0.15, 0.2) is 0 Å². The Kier molecular flexibility index (Phi) is 5.55. The van der Waals surface area contributed by atoms with Crippen molar-refractivity contribution in [3.8, 4) is 11.1 Å². The van der Waals surface area contributed by atoms with Crippen LogP contribution in [-0.4, -0.2) is 48.1 Å². The van der Waals surface area contributed by atoms with E-state index in [1.165, 1.54) is 28.9 Å². The highest BCUT2D eigenvalue weighted by atomic mass is 19.1. The number of hydrogen-bond donors (Lipinski definition) is 1. The second-order valence-electron chi connectivity index (χ2n) is 9.23. The first kappa shape index (κ1) is 21.6. The van der Waals surface area contributed by atoms with E-state index in [0.717, 1.165) is 59.2 Å². The van der Waals surface area contributed by atoms with Crippen LogP contribution in [0.3, 0.4) is 0 Å². The summed E-state index contributed by atoms with van der Waals surface area (Å²) in [6, 6.07) is 24.0. The molecule has 0 saturated carbocycles. The summed E-state index contributed by atoms with van der Waals surface area (Å²) < 4.78 is 13.6. The molecule has 3 heterocycles. The molecular weight excluding hydrogens is 435 g/mol. The lowest BCUT2D eigenvalue weighted by molar-refractivity contribution is 0.313. The highest BCUT2D eigenvalue weighted by Crippen LogP contribution is 2.33. The van der Waals surface area contributed by atoms with Crippen molar-refractivity contribution in [3.05, 3.63) is 95.9 Å². The number of nitrogens with one attached hydrogen (secondary N) is 1. The van der Waals surface area contributed by atoms with Crippen LogP contribution in [0.15, 0.2) is 79.0 Å². The number of fused-ring (bicyclic) bond motifs is 3. The minimum atomic E-state index is -0.234. The van der Waals surface area contributed by atoms with E-state index < -0.39 is 0 Å². The van der Waals surface area contributed by atoms with Crippen molar-refractivity contribution in [1.82, 2.24) is 14.9 Å². The molecule has 1 aliphatic heterocycles. The van der Waals surface area contributed by atoms with E-state index in [1.54, 1.807) is 12.3 Å². The van der Waals surface area contributed by atoms with E-state index in [0.29, 0.717) is 0 Å². The topological polar surface area (TPSA) is 35.2 Å². The fourth-order valence-electron chi connectivity index (χ4n) is 4.89. The number of aromatic amines is 1. The molecule has 0 aliphatic carbocycles. The van der Waals surface area contributed by atoms with Crippen LogP contribution in [0.5, 0.6) is 0 Å². The maximum Gasteiger partial charge on any atom is 0.138 e. The number of hydrogen-bond acceptors (Lipinski definition) is 3. The number of piperazine rings is 1. The smallest absolute Gasteiger partial charge is 0.138 e. The molecule has 174 valence electrons. The minimum Gasteiger partial charge on any atom is -0.369 e. The molecule has 1 saturated heterocycles. The lowest BCUT2D eigenvalue weighted by Gasteiger charge is -2.34. The number of H-pyrrole nitrogens is 1. The molecule has 6 rings (SSSR count). The molecule has 1 N–H and O–H groups in total. The Hall–Kier alpha value is -3.96. The molecule has 0 bridgehead atoms. The normalized spacial score (nSPS) is 15.0. The largest absolute Gasteiger partial charge is 0.369 e. The van der Waals surface area contributed by atoms with Gasteiger partial charge in [-0.25, -0.2) is 9.37 Å². The van der Waals surface area contributed by atoms with Gasteiger partial charge in [-0.3, -0.25) is 0 Å². The van der Waals surface area contributed by atoms with Crippen molar-refractivity contribution >= 4 is 39.8 Å². The van der Waals surface area contributed by atoms with Gasteiger partial charge in [-0.05, 0) is 71.8 Å². The first-order valence-corrected chi connectivity index (χ1v) is 12.0. The number of anilines is 1. The van der Waals surface area contributed by atoms with Crippen LogP contribution in [0.1, 0.15) is 11.1 Å². The van der Waals surface area contributed by atoms with Crippen LogP contribution in [0.2, 0.25) is 0 Å². The summed E-state index contributed by atoms with van der Waals surface area (Å²) >= 11 is 0. The Labute approximate surface area is 204 Å². The second kappa shape index (κ2) is 9.01. The van der Waals surface area contributed by atoms with Gasteiger partial charge in [-0.15, -0.1) is 0 Å². The SMILES string of the molecule is CN1CCN(c2ccc(-c3ccc4[nH]c5nccc(C=Cc6cccc(F)c6)c5c4c3)cc2)CC1. The van der Waals surface area contributed by atoms with Gasteiger partial charge in [-0.1, -0.05) is 42.5 Å². The van der Waals surface area contributed by atoms with Gasteiger partial charge in [0.1, 0.15) is 11.5 Å². The zero-order valence-electron chi connectivity index (χ0n) is 19.7. The molecule has 0 spiro atoms. The summed E-state index contributed by atoms with van der Waals surface area (Å²) in [6.45, 7) is 4.33. The van der Waals surface area contributed by atoms with E-state index in [9.17, 15) is 4.39 Å². The van der Waals surface area contributed by atoms with Crippen LogP contribution in [-0.2, 0) is 0 Å². The quantitative estimate of drug-likeness (QED) is 0.334. The number of halogens is 1. The maximum absolute atomic E-state index is 13.6. The van der Waals surface area contributed by atoms with E-state index in [-0.39, 0.29) is 5.82 Å². The fourth-order valence-corrected chi connectivity index (χ4v) is 4.89. The Morgan fingerprint density at radius 3 is 2.46 bits per heavy atom. The minimum absolute atomic E-state index is 0.234. The Balaban J connectivity index is 1.35. The zero-order valence-corrected chi connectivity index (χ0v) is 19.7. The van der Waals surface area contributed by atoms with Gasteiger partial charge in [0.2, 0.25) is 0 Å². The van der Waals surface area contributed by atoms with Crippen molar-refractivity contribution < 1.29 is 4.39 Å². The molecule has 0 amide bonds. The summed E-state index contributed by atoms with van der Waals surface area (Å²) in [5.74, 6) is -0.234. The van der Waals surface area contributed by atoms with E-state index in [1.807, 2.05) is 24.3 Å². The van der Waals surface area contributed by atoms with Crippen LogP contribution in [0, 0.1) is 5.82 Å². The van der Waals surface area contributed by atoms with Gasteiger partial charge in [0.25, 0.3) is 0 Å². The Morgan fingerprint density at radius 1 is 0.857 bits per heavy atom. The lowest BCUT2D eigenvalue weighted by Crippen LogP contribution is -2.44. The van der Waals surface area contributed by atoms with E-state index >= 15 is 0 Å². The van der Waals surface area contributed by atoms with Crippen LogP contribution < -0.4 is 4.90 Å². The average Bonchev–Trinajstić information content (AvgIpc) is 3.27. The van der Waals surface area contributed by atoms with Gasteiger partial charge in [0, 0.05) is 54.4 Å². The van der Waals surface area contributed by atoms with Crippen LogP contribution in [0.4, 0.5) is 10.1 Å². The molecule has 35 heavy (non-hydrogen) atoms. The van der Waals surface area contributed by atoms with Gasteiger partial charge < -0.3 is 14.8 Å². The first-order chi connectivity index (χ1) is 17.1. The number of aromatic nitrogens is 2. The highest BCUT2D eigenvalue weighted by Gasteiger charge is 2.15. The fraction of sp³-hybridized carbons (Fsp3) is 0.167. The van der Waals surface area contributed by atoms with Crippen molar-refractivity contribution in [2.75, 3.05) is 38.1 Å². The first-order valence-electron chi connectivity index (χ1n) is 12.0.